The second-order valence-corrected chi connectivity index (χ2v) is 4.88. The predicted molar refractivity (Wildman–Crippen MR) is 63.0 cm³/mol. The molecule has 1 aliphatic rings. The highest BCUT2D eigenvalue weighted by Gasteiger charge is 2.26. The summed E-state index contributed by atoms with van der Waals surface area (Å²) in [7, 11) is 1.46. The highest BCUT2D eigenvalue weighted by Crippen LogP contribution is 2.32. The molecular formula is C13H24O3. The summed E-state index contributed by atoms with van der Waals surface area (Å²) in [4.78, 5) is 11.3. The van der Waals surface area contributed by atoms with E-state index in [0.717, 1.165) is 44.9 Å². The van der Waals surface area contributed by atoms with Gasteiger partial charge < -0.3 is 9.84 Å². The first-order valence-electron chi connectivity index (χ1n) is 6.43. The lowest BCUT2D eigenvalue weighted by atomic mass is 9.79. The Morgan fingerprint density at radius 2 is 2.00 bits per heavy atom. The molecule has 0 radical (unpaired) electrons. The molecule has 0 aromatic rings. The lowest BCUT2D eigenvalue weighted by molar-refractivity contribution is -0.146. The first-order chi connectivity index (χ1) is 7.67. The standard InChI is InChI=1S/C13H24O3/c1-3-12(14)9-6-10-4-7-11(8-5-10)13(15)16-2/h10-12,14H,3-9H2,1-2H3. The van der Waals surface area contributed by atoms with Crippen LogP contribution < -0.4 is 0 Å². The molecule has 0 saturated heterocycles. The Morgan fingerprint density at radius 1 is 1.38 bits per heavy atom. The van der Waals surface area contributed by atoms with Crippen molar-refractivity contribution in [1.29, 1.82) is 0 Å². The van der Waals surface area contributed by atoms with Crippen LogP contribution >= 0.6 is 0 Å². The molecule has 16 heavy (non-hydrogen) atoms. The summed E-state index contributed by atoms with van der Waals surface area (Å²) in [5.74, 6) is 0.770. The largest absolute Gasteiger partial charge is 0.469 e. The number of aliphatic hydroxyl groups excluding tert-OH is 1. The van der Waals surface area contributed by atoms with Crippen molar-refractivity contribution in [2.45, 2.75) is 58.0 Å². The molecule has 0 aliphatic heterocycles. The monoisotopic (exact) mass is 228 g/mol. The van der Waals surface area contributed by atoms with E-state index in [1.165, 1.54) is 7.11 Å². The third-order valence-corrected chi connectivity index (χ3v) is 3.76. The summed E-state index contributed by atoms with van der Waals surface area (Å²) >= 11 is 0. The van der Waals surface area contributed by atoms with Crippen LogP contribution in [0.2, 0.25) is 0 Å². The van der Waals surface area contributed by atoms with Gasteiger partial charge in [0.2, 0.25) is 0 Å². The lowest BCUT2D eigenvalue weighted by Gasteiger charge is -2.27. The summed E-state index contributed by atoms with van der Waals surface area (Å²) in [6, 6.07) is 0. The Hall–Kier alpha value is -0.570. The van der Waals surface area contributed by atoms with Crippen LogP contribution in [0.3, 0.4) is 0 Å². The third kappa shape index (κ3) is 4.12. The van der Waals surface area contributed by atoms with Crippen molar-refractivity contribution >= 4 is 5.97 Å². The molecule has 1 saturated carbocycles. The van der Waals surface area contributed by atoms with Gasteiger partial charge in [-0.25, -0.2) is 0 Å². The topological polar surface area (TPSA) is 46.5 Å². The average molecular weight is 228 g/mol. The van der Waals surface area contributed by atoms with Gasteiger partial charge in [0.15, 0.2) is 0 Å². The van der Waals surface area contributed by atoms with Crippen LogP contribution in [0.5, 0.6) is 0 Å². The van der Waals surface area contributed by atoms with Crippen molar-refractivity contribution in [3.63, 3.8) is 0 Å². The maximum atomic E-state index is 11.3. The van der Waals surface area contributed by atoms with Gasteiger partial charge in [-0.2, -0.15) is 0 Å². The van der Waals surface area contributed by atoms with Crippen molar-refractivity contribution < 1.29 is 14.6 Å². The molecule has 1 rings (SSSR count). The van der Waals surface area contributed by atoms with Gasteiger partial charge >= 0.3 is 5.97 Å². The van der Waals surface area contributed by atoms with Crippen LogP contribution in [0.1, 0.15) is 51.9 Å². The van der Waals surface area contributed by atoms with E-state index in [4.69, 9.17) is 4.74 Å². The van der Waals surface area contributed by atoms with Crippen LogP contribution in [-0.2, 0) is 9.53 Å². The van der Waals surface area contributed by atoms with E-state index >= 15 is 0 Å². The molecule has 0 aromatic heterocycles. The summed E-state index contributed by atoms with van der Waals surface area (Å²) < 4.78 is 4.76. The maximum Gasteiger partial charge on any atom is 0.308 e. The Labute approximate surface area is 98.2 Å². The van der Waals surface area contributed by atoms with Crippen molar-refractivity contribution in [3.05, 3.63) is 0 Å². The number of carbonyl (C=O) groups is 1. The molecule has 0 spiro atoms. The second-order valence-electron chi connectivity index (χ2n) is 4.88. The molecular weight excluding hydrogens is 204 g/mol. The molecule has 1 aliphatic carbocycles. The van der Waals surface area contributed by atoms with Gasteiger partial charge in [0.25, 0.3) is 0 Å². The minimum absolute atomic E-state index is 0.0490. The van der Waals surface area contributed by atoms with Gasteiger partial charge in [-0.15, -0.1) is 0 Å². The second kappa shape index (κ2) is 6.89. The highest BCUT2D eigenvalue weighted by molar-refractivity contribution is 5.72. The number of hydrogen-bond donors (Lipinski definition) is 1. The van der Waals surface area contributed by atoms with Crippen molar-refractivity contribution in [1.82, 2.24) is 0 Å². The van der Waals surface area contributed by atoms with Gasteiger partial charge in [0.05, 0.1) is 19.1 Å². The molecule has 1 unspecified atom stereocenters. The first-order valence-corrected chi connectivity index (χ1v) is 6.43. The van der Waals surface area contributed by atoms with E-state index < -0.39 is 0 Å². The lowest BCUT2D eigenvalue weighted by Crippen LogP contribution is -2.23. The Bertz CT molecular complexity index is 207. The SMILES string of the molecule is CCC(O)CCC1CCC(C(=O)OC)CC1. The summed E-state index contributed by atoms with van der Waals surface area (Å²) in [6.07, 6.45) is 6.84. The molecule has 0 bridgehead atoms. The molecule has 1 N–H and O–H groups in total. The molecule has 94 valence electrons. The van der Waals surface area contributed by atoms with E-state index in [1.807, 2.05) is 6.92 Å². The molecule has 3 nitrogen and oxygen atoms in total. The van der Waals surface area contributed by atoms with Crippen molar-refractivity contribution in [2.75, 3.05) is 7.11 Å². The maximum absolute atomic E-state index is 11.3. The van der Waals surface area contributed by atoms with Crippen LogP contribution in [0.25, 0.3) is 0 Å². The zero-order valence-corrected chi connectivity index (χ0v) is 10.4. The van der Waals surface area contributed by atoms with Gasteiger partial charge in [-0.3, -0.25) is 4.79 Å². The number of carbonyl (C=O) groups excluding carboxylic acids is 1. The minimum Gasteiger partial charge on any atom is -0.469 e. The minimum atomic E-state index is -0.140. The van der Waals surface area contributed by atoms with E-state index in [1.54, 1.807) is 0 Å². The van der Waals surface area contributed by atoms with E-state index in [2.05, 4.69) is 0 Å². The summed E-state index contributed by atoms with van der Waals surface area (Å²) in [5, 5.41) is 9.49. The van der Waals surface area contributed by atoms with Crippen LogP contribution in [0.4, 0.5) is 0 Å². The van der Waals surface area contributed by atoms with Crippen LogP contribution in [0.15, 0.2) is 0 Å². The Kier molecular flexibility index (Phi) is 5.81. The van der Waals surface area contributed by atoms with Crippen LogP contribution in [0, 0.1) is 11.8 Å². The van der Waals surface area contributed by atoms with Crippen LogP contribution in [-0.4, -0.2) is 24.3 Å². The third-order valence-electron chi connectivity index (χ3n) is 3.76. The van der Waals surface area contributed by atoms with E-state index in [-0.39, 0.29) is 18.0 Å². The highest BCUT2D eigenvalue weighted by atomic mass is 16.5. The summed E-state index contributed by atoms with van der Waals surface area (Å²) in [6.45, 7) is 2.01. The zero-order valence-electron chi connectivity index (χ0n) is 10.4. The van der Waals surface area contributed by atoms with Gasteiger partial charge in [0.1, 0.15) is 0 Å². The number of aliphatic hydroxyl groups is 1. The predicted octanol–water partition coefficient (Wildman–Crippen LogP) is 2.52. The molecule has 0 amide bonds. The molecule has 1 atom stereocenters. The molecule has 3 heteroatoms. The van der Waals surface area contributed by atoms with E-state index in [0.29, 0.717) is 5.92 Å². The number of methoxy groups -OCH3 is 1. The number of rotatable bonds is 5. The number of esters is 1. The Morgan fingerprint density at radius 3 is 2.50 bits per heavy atom. The van der Waals surface area contributed by atoms with Gasteiger partial charge in [-0.1, -0.05) is 6.92 Å². The fourth-order valence-electron chi connectivity index (χ4n) is 2.49. The average Bonchev–Trinajstić information content (AvgIpc) is 2.35. The van der Waals surface area contributed by atoms with Gasteiger partial charge in [0, 0.05) is 0 Å². The van der Waals surface area contributed by atoms with Crippen molar-refractivity contribution in [2.24, 2.45) is 11.8 Å². The fraction of sp³-hybridized carbons (Fsp3) is 0.923. The Balaban J connectivity index is 2.19. The summed E-state index contributed by atoms with van der Waals surface area (Å²) in [5.41, 5.74) is 0. The van der Waals surface area contributed by atoms with Crippen molar-refractivity contribution in [3.8, 4) is 0 Å². The molecule has 0 heterocycles. The normalized spacial score (nSPS) is 27.4. The molecule has 0 aromatic carbocycles. The number of ether oxygens (including phenoxy) is 1. The number of hydrogen-bond acceptors (Lipinski definition) is 3. The quantitative estimate of drug-likeness (QED) is 0.735. The smallest absolute Gasteiger partial charge is 0.308 e. The fourth-order valence-corrected chi connectivity index (χ4v) is 2.49. The van der Waals surface area contributed by atoms with Gasteiger partial charge in [-0.05, 0) is 50.9 Å². The van der Waals surface area contributed by atoms with E-state index in [9.17, 15) is 9.90 Å². The molecule has 1 fully saturated rings. The zero-order chi connectivity index (χ0) is 12.0. The first kappa shape index (κ1) is 13.5.